The van der Waals surface area contributed by atoms with Crippen molar-refractivity contribution in [3.05, 3.63) is 0 Å². The van der Waals surface area contributed by atoms with E-state index in [1.807, 2.05) is 0 Å². The average Bonchev–Trinajstić information content (AvgIpc) is 2.19. The van der Waals surface area contributed by atoms with Crippen LogP contribution < -0.4 is 0 Å². The summed E-state index contributed by atoms with van der Waals surface area (Å²) in [4.78, 5) is 21.5. The highest BCUT2D eigenvalue weighted by atomic mass is 19.4. The molecule has 0 aromatic carbocycles. The Labute approximate surface area is 103 Å². The maximum atomic E-state index is 12.7. The molecule has 1 aliphatic heterocycles. The Bertz CT molecular complexity index is 389. The van der Waals surface area contributed by atoms with Crippen LogP contribution in [0.15, 0.2) is 0 Å². The molecule has 110 valence electrons. The lowest BCUT2D eigenvalue weighted by atomic mass is 9.95. The van der Waals surface area contributed by atoms with Gasteiger partial charge < -0.3 is 14.7 Å². The molecule has 1 aliphatic rings. The van der Waals surface area contributed by atoms with Crippen LogP contribution >= 0.6 is 0 Å². The minimum Gasteiger partial charge on any atom is -0.480 e. The quantitative estimate of drug-likeness (QED) is 0.781. The zero-order valence-corrected chi connectivity index (χ0v) is 9.63. The van der Waals surface area contributed by atoms with E-state index in [4.69, 9.17) is 9.84 Å². The highest BCUT2D eigenvalue weighted by Gasteiger charge is 2.66. The summed E-state index contributed by atoms with van der Waals surface area (Å²) >= 11 is 0. The molecule has 0 spiro atoms. The van der Waals surface area contributed by atoms with Crippen molar-refractivity contribution < 1.29 is 41.4 Å². The molecule has 0 bridgehead atoms. The smallest absolute Gasteiger partial charge is 0.463 e. The number of alkyl halides is 5. The highest BCUT2D eigenvalue weighted by molar-refractivity contribution is 5.85. The fraction of sp³-hybridized carbons (Fsp3) is 0.778. The van der Waals surface area contributed by atoms with Crippen LogP contribution in [0.25, 0.3) is 0 Å². The molecule has 0 saturated carbocycles. The number of carboxylic acid groups (broad SMARTS) is 1. The lowest BCUT2D eigenvalue weighted by Gasteiger charge is -2.47. The number of hydrogen-bond donors (Lipinski definition) is 1. The number of nitrogens with zero attached hydrogens (tertiary/aromatic N) is 1. The van der Waals surface area contributed by atoms with Crippen LogP contribution in [0.3, 0.4) is 0 Å². The molecular formula is C9H10F5NO4. The number of halogens is 5. The summed E-state index contributed by atoms with van der Waals surface area (Å²) < 4.78 is 66.0. The van der Waals surface area contributed by atoms with Crippen molar-refractivity contribution in [2.24, 2.45) is 0 Å². The van der Waals surface area contributed by atoms with Gasteiger partial charge in [-0.25, -0.2) is 4.79 Å². The van der Waals surface area contributed by atoms with Crippen LogP contribution in [0, 0.1) is 0 Å². The molecule has 1 rings (SSSR count). The Morgan fingerprint density at radius 1 is 1.26 bits per heavy atom. The standard InChI is InChI=1S/C9H10F5NO4/c1-7(19-2-5(16)17)3-15(4-7)6(18)8(10,11)9(12,13)14/h2-4H2,1H3,(H,16,17). The van der Waals surface area contributed by atoms with Crippen LogP contribution in [0.5, 0.6) is 0 Å². The Balaban J connectivity index is 2.59. The van der Waals surface area contributed by atoms with E-state index in [-0.39, 0.29) is 4.90 Å². The van der Waals surface area contributed by atoms with Crippen LogP contribution in [-0.2, 0) is 14.3 Å². The van der Waals surface area contributed by atoms with Gasteiger partial charge in [-0.3, -0.25) is 4.79 Å². The van der Waals surface area contributed by atoms with Gasteiger partial charge in [-0.15, -0.1) is 0 Å². The SMILES string of the molecule is CC1(OCC(=O)O)CN(C(=O)C(F)(F)C(F)(F)F)C1. The van der Waals surface area contributed by atoms with Gasteiger partial charge in [-0.1, -0.05) is 0 Å². The van der Waals surface area contributed by atoms with Crippen molar-refractivity contribution in [1.82, 2.24) is 4.90 Å². The summed E-state index contributed by atoms with van der Waals surface area (Å²) in [6.07, 6.45) is -5.96. The van der Waals surface area contributed by atoms with Crippen molar-refractivity contribution in [3.63, 3.8) is 0 Å². The maximum absolute atomic E-state index is 12.7. The van der Waals surface area contributed by atoms with E-state index >= 15 is 0 Å². The molecule has 1 N–H and O–H groups in total. The Kier molecular flexibility index (Phi) is 3.76. The van der Waals surface area contributed by atoms with Gasteiger partial charge in [-0.2, -0.15) is 22.0 Å². The van der Waals surface area contributed by atoms with Crippen molar-refractivity contribution in [1.29, 1.82) is 0 Å². The zero-order chi connectivity index (χ0) is 15.1. The van der Waals surface area contributed by atoms with E-state index in [0.717, 1.165) is 0 Å². The second-order valence-electron chi connectivity index (χ2n) is 4.37. The number of carbonyl (C=O) groups is 2. The predicted molar refractivity (Wildman–Crippen MR) is 49.6 cm³/mol. The molecular weight excluding hydrogens is 281 g/mol. The lowest BCUT2D eigenvalue weighted by Crippen LogP contribution is -2.67. The van der Waals surface area contributed by atoms with Gasteiger partial charge in [0.05, 0.1) is 13.1 Å². The second-order valence-corrected chi connectivity index (χ2v) is 4.37. The van der Waals surface area contributed by atoms with E-state index < -0.39 is 49.3 Å². The third-order valence-corrected chi connectivity index (χ3v) is 2.51. The molecule has 10 heteroatoms. The van der Waals surface area contributed by atoms with Crippen molar-refractivity contribution in [3.8, 4) is 0 Å². The predicted octanol–water partition coefficient (Wildman–Crippen LogP) is 0.886. The van der Waals surface area contributed by atoms with Crippen LogP contribution in [0.4, 0.5) is 22.0 Å². The van der Waals surface area contributed by atoms with E-state index in [0.29, 0.717) is 0 Å². The van der Waals surface area contributed by atoms with E-state index in [1.165, 1.54) is 6.92 Å². The first-order valence-electron chi connectivity index (χ1n) is 4.99. The molecule has 1 heterocycles. The number of amides is 1. The summed E-state index contributed by atoms with van der Waals surface area (Å²) in [6.45, 7) is -0.463. The third kappa shape index (κ3) is 3.11. The first-order valence-corrected chi connectivity index (χ1v) is 4.99. The first kappa shape index (κ1) is 15.6. The van der Waals surface area contributed by atoms with Crippen molar-refractivity contribution in [2.75, 3.05) is 19.7 Å². The molecule has 0 atom stereocenters. The topological polar surface area (TPSA) is 66.8 Å². The van der Waals surface area contributed by atoms with Gasteiger partial charge in [0.25, 0.3) is 0 Å². The summed E-state index contributed by atoms with van der Waals surface area (Å²) in [6, 6.07) is 0. The zero-order valence-electron chi connectivity index (χ0n) is 9.63. The summed E-state index contributed by atoms with van der Waals surface area (Å²) in [5.74, 6) is -9.13. The molecule has 0 unspecified atom stereocenters. The second kappa shape index (κ2) is 4.58. The minimum absolute atomic E-state index is 0.273. The summed E-state index contributed by atoms with van der Waals surface area (Å²) in [7, 11) is 0. The fourth-order valence-corrected chi connectivity index (χ4v) is 1.55. The van der Waals surface area contributed by atoms with Crippen molar-refractivity contribution >= 4 is 11.9 Å². The molecule has 0 aromatic rings. The number of carbonyl (C=O) groups excluding carboxylic acids is 1. The molecule has 19 heavy (non-hydrogen) atoms. The van der Waals surface area contributed by atoms with Gasteiger partial charge in [-0.05, 0) is 6.92 Å². The van der Waals surface area contributed by atoms with Gasteiger partial charge in [0, 0.05) is 0 Å². The Morgan fingerprint density at radius 3 is 2.11 bits per heavy atom. The molecule has 0 radical (unpaired) electrons. The van der Waals surface area contributed by atoms with Gasteiger partial charge in [0.15, 0.2) is 0 Å². The molecule has 1 amide bonds. The normalized spacial score (nSPS) is 18.9. The first-order chi connectivity index (χ1) is 8.39. The van der Waals surface area contributed by atoms with Crippen LogP contribution in [0.2, 0.25) is 0 Å². The van der Waals surface area contributed by atoms with E-state index in [1.54, 1.807) is 0 Å². The maximum Gasteiger partial charge on any atom is 0.463 e. The number of carboxylic acids is 1. The number of hydrogen-bond acceptors (Lipinski definition) is 3. The Morgan fingerprint density at radius 2 is 1.74 bits per heavy atom. The molecule has 0 aliphatic carbocycles. The van der Waals surface area contributed by atoms with Gasteiger partial charge >= 0.3 is 24.0 Å². The minimum atomic E-state index is -5.96. The Hall–Kier alpha value is -1.45. The number of ether oxygens (including phenoxy) is 1. The van der Waals surface area contributed by atoms with Gasteiger partial charge in [0.2, 0.25) is 0 Å². The fourth-order valence-electron chi connectivity index (χ4n) is 1.55. The van der Waals surface area contributed by atoms with E-state index in [2.05, 4.69) is 0 Å². The highest BCUT2D eigenvalue weighted by Crippen LogP contribution is 2.39. The summed E-state index contributed by atoms with van der Waals surface area (Å²) in [5, 5.41) is 8.33. The molecule has 1 fully saturated rings. The molecule has 5 nitrogen and oxygen atoms in total. The molecule has 1 saturated heterocycles. The average molecular weight is 291 g/mol. The third-order valence-electron chi connectivity index (χ3n) is 2.51. The van der Waals surface area contributed by atoms with Gasteiger partial charge in [0.1, 0.15) is 12.2 Å². The lowest BCUT2D eigenvalue weighted by molar-refractivity contribution is -0.279. The number of rotatable bonds is 4. The largest absolute Gasteiger partial charge is 0.480 e. The van der Waals surface area contributed by atoms with E-state index in [9.17, 15) is 31.5 Å². The monoisotopic (exact) mass is 291 g/mol. The number of aliphatic carboxylic acids is 1. The molecule has 0 aromatic heterocycles. The van der Waals surface area contributed by atoms with Crippen molar-refractivity contribution in [2.45, 2.75) is 24.6 Å². The number of likely N-dealkylation sites (tertiary alicyclic amines) is 1. The van der Waals surface area contributed by atoms with Crippen LogP contribution in [-0.4, -0.2) is 59.3 Å². The van der Waals surface area contributed by atoms with Crippen LogP contribution in [0.1, 0.15) is 6.92 Å². The summed E-state index contributed by atoms with van der Waals surface area (Å²) in [5.41, 5.74) is -1.23.